The van der Waals surface area contributed by atoms with Crippen LogP contribution in [-0.2, 0) is 6.42 Å². The highest BCUT2D eigenvalue weighted by Crippen LogP contribution is 2.31. The maximum absolute atomic E-state index is 10.2. The van der Waals surface area contributed by atoms with Crippen LogP contribution in [0.2, 0.25) is 0 Å². The predicted octanol–water partition coefficient (Wildman–Crippen LogP) is 1.92. The highest BCUT2D eigenvalue weighted by atomic mass is 16.3. The molecule has 1 aromatic carbocycles. The molecule has 1 fully saturated rings. The smallest absolute Gasteiger partial charge is 0.123 e. The fourth-order valence-electron chi connectivity index (χ4n) is 2.50. The van der Waals surface area contributed by atoms with Crippen LogP contribution in [0.5, 0.6) is 5.75 Å². The van der Waals surface area contributed by atoms with Crippen molar-refractivity contribution in [1.29, 1.82) is 0 Å². The van der Waals surface area contributed by atoms with E-state index in [4.69, 9.17) is 0 Å². The van der Waals surface area contributed by atoms with Crippen molar-refractivity contribution >= 4 is 0 Å². The van der Waals surface area contributed by atoms with Crippen LogP contribution in [0, 0.1) is 0 Å². The number of phenols is 1. The number of phenolic OH excluding ortho intramolecular Hbond substituents is 1. The monoisotopic (exact) mass is 234 g/mol. The zero-order valence-electron chi connectivity index (χ0n) is 10.7. The summed E-state index contributed by atoms with van der Waals surface area (Å²) in [6.45, 7) is 8.44. The quantitative estimate of drug-likeness (QED) is 0.838. The number of nitrogens with one attached hydrogen (secondary N) is 1. The Balaban J connectivity index is 2.20. The van der Waals surface area contributed by atoms with Crippen LogP contribution < -0.4 is 5.32 Å². The summed E-state index contributed by atoms with van der Waals surface area (Å²) in [7, 11) is 0. The van der Waals surface area contributed by atoms with E-state index >= 15 is 0 Å². The molecule has 0 aliphatic carbocycles. The number of nitrogens with zero attached hydrogens (tertiary/aromatic N) is 1. The largest absolute Gasteiger partial charge is 0.507 e. The highest BCUT2D eigenvalue weighted by molar-refractivity contribution is 5.42. The van der Waals surface area contributed by atoms with Gasteiger partial charge in [0.15, 0.2) is 0 Å². The Bertz CT molecular complexity index is 372. The van der Waals surface area contributed by atoms with Gasteiger partial charge in [-0.05, 0) is 18.9 Å². The lowest BCUT2D eigenvalue weighted by Gasteiger charge is -2.33. The first-order valence-corrected chi connectivity index (χ1v) is 6.49. The van der Waals surface area contributed by atoms with Crippen LogP contribution in [0.25, 0.3) is 0 Å². The molecule has 0 bridgehead atoms. The van der Waals surface area contributed by atoms with E-state index in [0.717, 1.165) is 43.7 Å². The molecule has 0 saturated carbocycles. The molecule has 2 N–H and O–H groups in total. The van der Waals surface area contributed by atoms with Gasteiger partial charge in [-0.15, -0.1) is 0 Å². The van der Waals surface area contributed by atoms with E-state index in [1.807, 2.05) is 18.2 Å². The summed E-state index contributed by atoms with van der Waals surface area (Å²) in [4.78, 5) is 2.42. The van der Waals surface area contributed by atoms with Crippen LogP contribution in [0.15, 0.2) is 18.2 Å². The number of rotatable bonds is 3. The maximum Gasteiger partial charge on any atom is 0.123 e. The Morgan fingerprint density at radius 2 is 2.06 bits per heavy atom. The third-order valence-electron chi connectivity index (χ3n) is 3.68. The van der Waals surface area contributed by atoms with Gasteiger partial charge in [0.1, 0.15) is 5.75 Å². The van der Waals surface area contributed by atoms with Gasteiger partial charge in [0, 0.05) is 37.8 Å². The molecule has 0 spiro atoms. The van der Waals surface area contributed by atoms with Gasteiger partial charge in [-0.2, -0.15) is 0 Å². The first-order valence-electron chi connectivity index (χ1n) is 6.49. The average molecular weight is 234 g/mol. The van der Waals surface area contributed by atoms with Gasteiger partial charge in [0.25, 0.3) is 0 Å². The molecule has 0 amide bonds. The van der Waals surface area contributed by atoms with E-state index < -0.39 is 0 Å². The molecule has 3 heteroatoms. The standard InChI is InChI=1S/C14H22N2O/c1-3-12-5-4-6-13(14(12)17)11(2)16-9-7-15-8-10-16/h4-6,11,15,17H,3,7-10H2,1-2H3. The second-order valence-electron chi connectivity index (χ2n) is 4.67. The summed E-state index contributed by atoms with van der Waals surface area (Å²) in [6.07, 6.45) is 0.883. The van der Waals surface area contributed by atoms with E-state index in [0.29, 0.717) is 11.8 Å². The van der Waals surface area contributed by atoms with Crippen LogP contribution in [0.3, 0.4) is 0 Å². The molecule has 1 unspecified atom stereocenters. The zero-order valence-corrected chi connectivity index (χ0v) is 10.7. The minimum absolute atomic E-state index is 0.295. The number of para-hydroxylation sites is 1. The van der Waals surface area contributed by atoms with Crippen LogP contribution >= 0.6 is 0 Å². The van der Waals surface area contributed by atoms with Gasteiger partial charge in [0.2, 0.25) is 0 Å². The van der Waals surface area contributed by atoms with Gasteiger partial charge in [0.05, 0.1) is 0 Å². The Labute approximate surface area is 103 Å². The van der Waals surface area contributed by atoms with Crippen molar-refractivity contribution in [2.45, 2.75) is 26.3 Å². The fraction of sp³-hybridized carbons (Fsp3) is 0.571. The lowest BCUT2D eigenvalue weighted by molar-refractivity contribution is 0.183. The maximum atomic E-state index is 10.2. The summed E-state index contributed by atoms with van der Waals surface area (Å²) < 4.78 is 0. The summed E-state index contributed by atoms with van der Waals surface area (Å²) in [6, 6.07) is 6.39. The van der Waals surface area contributed by atoms with Gasteiger partial charge in [-0.1, -0.05) is 25.1 Å². The number of hydrogen-bond donors (Lipinski definition) is 2. The first kappa shape index (κ1) is 12.4. The number of hydrogen-bond acceptors (Lipinski definition) is 3. The molecule has 1 heterocycles. The van der Waals surface area contributed by atoms with Gasteiger partial charge in [-0.25, -0.2) is 0 Å². The molecule has 1 aliphatic heterocycles. The topological polar surface area (TPSA) is 35.5 Å². The van der Waals surface area contributed by atoms with Crippen LogP contribution in [0.1, 0.15) is 31.0 Å². The molecule has 1 atom stereocenters. The normalized spacial score (nSPS) is 19.2. The van der Waals surface area contributed by atoms with Crippen molar-refractivity contribution in [3.05, 3.63) is 29.3 Å². The molecule has 0 aromatic heterocycles. The molecule has 1 aliphatic rings. The van der Waals surface area contributed by atoms with E-state index in [-0.39, 0.29) is 0 Å². The lowest BCUT2D eigenvalue weighted by Crippen LogP contribution is -2.44. The highest BCUT2D eigenvalue weighted by Gasteiger charge is 2.20. The summed E-state index contributed by atoms with van der Waals surface area (Å²) in [5.41, 5.74) is 2.11. The third-order valence-corrected chi connectivity index (χ3v) is 3.68. The summed E-state index contributed by atoms with van der Waals surface area (Å²) in [5, 5.41) is 13.6. The summed E-state index contributed by atoms with van der Waals surface area (Å²) in [5.74, 6) is 0.487. The number of piperazine rings is 1. The third kappa shape index (κ3) is 2.61. The minimum Gasteiger partial charge on any atom is -0.507 e. The van der Waals surface area contributed by atoms with E-state index in [9.17, 15) is 5.11 Å². The molecule has 2 rings (SSSR count). The molecule has 0 radical (unpaired) electrons. The second kappa shape index (κ2) is 5.52. The Kier molecular flexibility index (Phi) is 4.02. The molecule has 1 saturated heterocycles. The second-order valence-corrected chi connectivity index (χ2v) is 4.67. The summed E-state index contributed by atoms with van der Waals surface area (Å²) >= 11 is 0. The van der Waals surface area contributed by atoms with Crippen molar-refractivity contribution in [3.8, 4) is 5.75 Å². The van der Waals surface area contributed by atoms with Crippen molar-refractivity contribution in [2.24, 2.45) is 0 Å². The molecule has 94 valence electrons. The van der Waals surface area contributed by atoms with Crippen molar-refractivity contribution in [1.82, 2.24) is 10.2 Å². The van der Waals surface area contributed by atoms with Crippen molar-refractivity contribution in [3.63, 3.8) is 0 Å². The number of aromatic hydroxyl groups is 1. The van der Waals surface area contributed by atoms with Crippen LogP contribution in [0.4, 0.5) is 0 Å². The Hall–Kier alpha value is -1.06. The molecular formula is C14H22N2O. The van der Waals surface area contributed by atoms with Crippen LogP contribution in [-0.4, -0.2) is 36.2 Å². The van der Waals surface area contributed by atoms with Gasteiger partial charge in [-0.3, -0.25) is 4.90 Å². The average Bonchev–Trinajstić information content (AvgIpc) is 2.39. The van der Waals surface area contributed by atoms with Crippen molar-refractivity contribution in [2.75, 3.05) is 26.2 Å². The molecule has 17 heavy (non-hydrogen) atoms. The molecular weight excluding hydrogens is 212 g/mol. The number of benzene rings is 1. The molecule has 3 nitrogen and oxygen atoms in total. The van der Waals surface area contributed by atoms with Gasteiger partial charge >= 0.3 is 0 Å². The molecule has 1 aromatic rings. The van der Waals surface area contributed by atoms with E-state index in [2.05, 4.69) is 24.1 Å². The van der Waals surface area contributed by atoms with Crippen molar-refractivity contribution < 1.29 is 5.11 Å². The first-order chi connectivity index (χ1) is 8.24. The minimum atomic E-state index is 0.295. The predicted molar refractivity (Wildman–Crippen MR) is 70.3 cm³/mol. The van der Waals surface area contributed by atoms with E-state index in [1.165, 1.54) is 0 Å². The SMILES string of the molecule is CCc1cccc(C(C)N2CCNCC2)c1O. The lowest BCUT2D eigenvalue weighted by atomic mass is 10.0. The van der Waals surface area contributed by atoms with E-state index in [1.54, 1.807) is 0 Å². The zero-order chi connectivity index (χ0) is 12.3. The Morgan fingerprint density at radius 1 is 1.35 bits per heavy atom. The fourth-order valence-corrected chi connectivity index (χ4v) is 2.50. The Morgan fingerprint density at radius 3 is 2.71 bits per heavy atom. The van der Waals surface area contributed by atoms with Gasteiger partial charge < -0.3 is 10.4 Å². The number of aryl methyl sites for hydroxylation is 1.